The Morgan fingerprint density at radius 3 is 2.65 bits per heavy atom. The van der Waals surface area contributed by atoms with Gasteiger partial charge in [0.15, 0.2) is 0 Å². The van der Waals surface area contributed by atoms with Crippen molar-refractivity contribution in [2.24, 2.45) is 5.92 Å². The van der Waals surface area contributed by atoms with Crippen molar-refractivity contribution in [2.45, 2.75) is 17.7 Å². The Labute approximate surface area is 105 Å². The molecule has 92 valence electrons. The average molecular weight is 252 g/mol. The van der Waals surface area contributed by atoms with Gasteiger partial charge in [-0.05, 0) is 36.9 Å². The maximum Gasteiger partial charge on any atom is 0.308 e. The number of hydrogen-bond acceptors (Lipinski definition) is 5. The van der Waals surface area contributed by atoms with Crippen LogP contribution < -0.4 is 0 Å². The lowest BCUT2D eigenvalue weighted by Crippen LogP contribution is -2.32. The molecule has 0 bridgehead atoms. The zero-order valence-corrected chi connectivity index (χ0v) is 10.7. The Morgan fingerprint density at radius 1 is 1.41 bits per heavy atom. The summed E-state index contributed by atoms with van der Waals surface area (Å²) >= 11 is 1.73. The maximum absolute atomic E-state index is 11.4. The van der Waals surface area contributed by atoms with Crippen LogP contribution in [0.4, 0.5) is 0 Å². The van der Waals surface area contributed by atoms with Crippen LogP contribution in [0.5, 0.6) is 0 Å². The number of hydrogen-bond donors (Lipinski definition) is 0. The molecule has 0 aliphatic carbocycles. The van der Waals surface area contributed by atoms with Gasteiger partial charge in [0, 0.05) is 30.4 Å². The summed E-state index contributed by atoms with van der Waals surface area (Å²) in [5.74, 6) is 0.00727. The number of nitrogens with zero attached hydrogens (tertiary/aromatic N) is 2. The number of pyridine rings is 1. The number of carbonyl (C=O) groups is 1. The summed E-state index contributed by atoms with van der Waals surface area (Å²) in [4.78, 5) is 16.6. The summed E-state index contributed by atoms with van der Waals surface area (Å²) in [5, 5.41) is 0. The van der Waals surface area contributed by atoms with E-state index in [1.54, 1.807) is 24.3 Å². The molecule has 1 aromatic rings. The first-order valence-electron chi connectivity index (χ1n) is 5.70. The number of esters is 1. The normalized spacial score (nSPS) is 17.9. The quantitative estimate of drug-likeness (QED) is 0.608. The van der Waals surface area contributed by atoms with E-state index in [4.69, 9.17) is 4.74 Å². The summed E-state index contributed by atoms with van der Waals surface area (Å²) in [6, 6.07) is 3.99. The van der Waals surface area contributed by atoms with Crippen LogP contribution in [0.3, 0.4) is 0 Å². The van der Waals surface area contributed by atoms with Crippen molar-refractivity contribution < 1.29 is 9.53 Å². The van der Waals surface area contributed by atoms with Crippen molar-refractivity contribution in [2.75, 3.05) is 20.2 Å². The molecule has 17 heavy (non-hydrogen) atoms. The lowest BCUT2D eigenvalue weighted by atomic mass is 9.99. The zero-order valence-electron chi connectivity index (χ0n) is 9.83. The van der Waals surface area contributed by atoms with E-state index in [0.717, 1.165) is 25.9 Å². The Balaban J connectivity index is 1.82. The number of piperidine rings is 1. The van der Waals surface area contributed by atoms with Crippen LogP contribution in [0.25, 0.3) is 0 Å². The third-order valence-electron chi connectivity index (χ3n) is 2.87. The van der Waals surface area contributed by atoms with E-state index in [1.165, 1.54) is 12.0 Å². The van der Waals surface area contributed by atoms with Crippen LogP contribution >= 0.6 is 11.9 Å². The van der Waals surface area contributed by atoms with E-state index in [9.17, 15) is 4.79 Å². The molecule has 0 aromatic carbocycles. The van der Waals surface area contributed by atoms with E-state index in [0.29, 0.717) is 0 Å². The van der Waals surface area contributed by atoms with Crippen LogP contribution in [-0.2, 0) is 9.53 Å². The van der Waals surface area contributed by atoms with E-state index >= 15 is 0 Å². The van der Waals surface area contributed by atoms with E-state index in [1.807, 2.05) is 12.1 Å². The first-order chi connectivity index (χ1) is 8.29. The second-order valence-corrected chi connectivity index (χ2v) is 5.17. The van der Waals surface area contributed by atoms with Gasteiger partial charge in [0.2, 0.25) is 0 Å². The van der Waals surface area contributed by atoms with Crippen LogP contribution in [0.2, 0.25) is 0 Å². The Kier molecular flexibility index (Phi) is 4.39. The fourth-order valence-corrected chi connectivity index (χ4v) is 2.83. The highest BCUT2D eigenvalue weighted by atomic mass is 32.2. The molecule has 2 rings (SSSR count). The first-order valence-corrected chi connectivity index (χ1v) is 6.47. The summed E-state index contributed by atoms with van der Waals surface area (Å²) in [6.07, 6.45) is 5.35. The Bertz CT molecular complexity index is 364. The number of carbonyl (C=O) groups excluding carboxylic acids is 1. The molecule has 1 aliphatic heterocycles. The monoisotopic (exact) mass is 252 g/mol. The fraction of sp³-hybridized carbons (Fsp3) is 0.500. The molecule has 1 fully saturated rings. The SMILES string of the molecule is COC(=O)C1CCN(Sc2ccncc2)CC1. The van der Waals surface area contributed by atoms with Crippen molar-refractivity contribution in [1.82, 2.24) is 9.29 Å². The molecule has 4 nitrogen and oxygen atoms in total. The van der Waals surface area contributed by atoms with Crippen molar-refractivity contribution >= 4 is 17.9 Å². The summed E-state index contributed by atoms with van der Waals surface area (Å²) in [5.41, 5.74) is 0. The third kappa shape index (κ3) is 3.44. The van der Waals surface area contributed by atoms with E-state index in [2.05, 4.69) is 9.29 Å². The van der Waals surface area contributed by atoms with Crippen LogP contribution in [-0.4, -0.2) is 35.5 Å². The molecule has 1 saturated heterocycles. The zero-order chi connectivity index (χ0) is 12.1. The van der Waals surface area contributed by atoms with Gasteiger partial charge in [-0.2, -0.15) is 0 Å². The molecule has 0 radical (unpaired) electrons. The highest BCUT2D eigenvalue weighted by molar-refractivity contribution is 7.97. The van der Waals surface area contributed by atoms with Gasteiger partial charge in [-0.3, -0.25) is 9.78 Å². The first kappa shape index (κ1) is 12.4. The minimum absolute atomic E-state index is 0.0708. The Morgan fingerprint density at radius 2 is 2.06 bits per heavy atom. The highest BCUT2D eigenvalue weighted by Gasteiger charge is 2.25. The molecule has 0 N–H and O–H groups in total. The van der Waals surface area contributed by atoms with Gasteiger partial charge in [0.05, 0.1) is 13.0 Å². The maximum atomic E-state index is 11.4. The molecule has 1 aliphatic rings. The Hall–Kier alpha value is -1.07. The minimum atomic E-state index is -0.0708. The standard InChI is InChI=1S/C12H16N2O2S/c1-16-12(15)10-4-8-14(9-5-10)17-11-2-6-13-7-3-11/h2-3,6-7,10H,4-5,8-9H2,1H3. The lowest BCUT2D eigenvalue weighted by molar-refractivity contribution is -0.146. The molecule has 0 saturated carbocycles. The number of rotatable bonds is 3. The van der Waals surface area contributed by atoms with Crippen molar-refractivity contribution in [3.8, 4) is 0 Å². The summed E-state index contributed by atoms with van der Waals surface area (Å²) < 4.78 is 7.06. The van der Waals surface area contributed by atoms with Crippen LogP contribution in [0, 0.1) is 5.92 Å². The van der Waals surface area contributed by atoms with Gasteiger partial charge in [-0.25, -0.2) is 4.31 Å². The van der Waals surface area contributed by atoms with Gasteiger partial charge < -0.3 is 4.74 Å². The van der Waals surface area contributed by atoms with Gasteiger partial charge >= 0.3 is 5.97 Å². The number of methoxy groups -OCH3 is 1. The van der Waals surface area contributed by atoms with Gasteiger partial charge in [-0.1, -0.05) is 0 Å². The molecule has 0 amide bonds. The van der Waals surface area contributed by atoms with Crippen molar-refractivity contribution in [3.05, 3.63) is 24.5 Å². The summed E-state index contributed by atoms with van der Waals surface area (Å²) in [7, 11) is 1.46. The van der Waals surface area contributed by atoms with E-state index in [-0.39, 0.29) is 11.9 Å². The second kappa shape index (κ2) is 6.02. The van der Waals surface area contributed by atoms with Gasteiger partial charge in [0.25, 0.3) is 0 Å². The second-order valence-electron chi connectivity index (χ2n) is 4.00. The van der Waals surface area contributed by atoms with Crippen molar-refractivity contribution in [3.63, 3.8) is 0 Å². The largest absolute Gasteiger partial charge is 0.469 e. The fourth-order valence-electron chi connectivity index (χ4n) is 1.90. The van der Waals surface area contributed by atoms with Gasteiger partial charge in [0.1, 0.15) is 0 Å². The predicted octanol–water partition coefficient (Wildman–Crippen LogP) is 1.97. The van der Waals surface area contributed by atoms with Crippen LogP contribution in [0.1, 0.15) is 12.8 Å². The molecule has 5 heteroatoms. The molecule has 2 heterocycles. The molecular formula is C12H16N2O2S. The highest BCUT2D eigenvalue weighted by Crippen LogP contribution is 2.28. The molecule has 0 unspecified atom stereocenters. The smallest absolute Gasteiger partial charge is 0.308 e. The van der Waals surface area contributed by atoms with Crippen LogP contribution in [0.15, 0.2) is 29.4 Å². The number of aromatic nitrogens is 1. The molecule has 0 spiro atoms. The van der Waals surface area contributed by atoms with Gasteiger partial charge in [-0.15, -0.1) is 0 Å². The molecule has 0 atom stereocenters. The average Bonchev–Trinajstić information content (AvgIpc) is 2.40. The predicted molar refractivity (Wildman–Crippen MR) is 66.4 cm³/mol. The minimum Gasteiger partial charge on any atom is -0.469 e. The molecular weight excluding hydrogens is 236 g/mol. The third-order valence-corrected chi connectivity index (χ3v) is 3.98. The van der Waals surface area contributed by atoms with E-state index < -0.39 is 0 Å². The number of ether oxygens (including phenoxy) is 1. The lowest BCUT2D eigenvalue weighted by Gasteiger charge is -2.29. The topological polar surface area (TPSA) is 42.4 Å². The molecule has 1 aromatic heterocycles. The summed E-state index contributed by atoms with van der Waals surface area (Å²) in [6.45, 7) is 1.85. The van der Waals surface area contributed by atoms with Crippen molar-refractivity contribution in [1.29, 1.82) is 0 Å².